The molecule has 1 amide bonds. The standard InChI is InChI=1S/C12H21N3O/c1-5-6-13-12(16)11(4)15-7-9(2)14-10(3)8-15/h1,9-11,14H,6-8H2,2-4H3,(H,13,16). The molecule has 0 aromatic rings. The number of carbonyl (C=O) groups excluding carboxylic acids is 1. The molecule has 3 atom stereocenters. The SMILES string of the molecule is C#CCNC(=O)C(C)N1CC(C)NC(C)C1. The predicted molar refractivity (Wildman–Crippen MR) is 64.9 cm³/mol. The van der Waals surface area contributed by atoms with Crippen LogP contribution in [-0.4, -0.2) is 48.6 Å². The second kappa shape index (κ2) is 5.88. The number of nitrogens with one attached hydrogen (secondary N) is 2. The number of carbonyl (C=O) groups is 1. The summed E-state index contributed by atoms with van der Waals surface area (Å²) in [5.41, 5.74) is 0. The summed E-state index contributed by atoms with van der Waals surface area (Å²) in [5, 5.41) is 6.16. The Labute approximate surface area is 97.8 Å². The molecular formula is C12H21N3O. The number of hydrogen-bond acceptors (Lipinski definition) is 3. The van der Waals surface area contributed by atoms with Crippen molar-refractivity contribution in [2.75, 3.05) is 19.6 Å². The summed E-state index contributed by atoms with van der Waals surface area (Å²) in [6, 6.07) is 0.735. The lowest BCUT2D eigenvalue weighted by molar-refractivity contribution is -0.126. The highest BCUT2D eigenvalue weighted by Gasteiger charge is 2.27. The van der Waals surface area contributed by atoms with Crippen molar-refractivity contribution in [3.63, 3.8) is 0 Å². The lowest BCUT2D eigenvalue weighted by Gasteiger charge is -2.38. The van der Waals surface area contributed by atoms with E-state index in [1.165, 1.54) is 0 Å². The van der Waals surface area contributed by atoms with Crippen LogP contribution in [0.3, 0.4) is 0 Å². The molecule has 4 heteroatoms. The fraction of sp³-hybridized carbons (Fsp3) is 0.750. The van der Waals surface area contributed by atoms with E-state index in [1.807, 2.05) is 6.92 Å². The van der Waals surface area contributed by atoms with Gasteiger partial charge in [0, 0.05) is 25.2 Å². The Balaban J connectivity index is 2.49. The first-order valence-corrected chi connectivity index (χ1v) is 5.76. The molecule has 1 aliphatic rings. The number of amides is 1. The zero-order valence-electron chi connectivity index (χ0n) is 10.3. The van der Waals surface area contributed by atoms with E-state index < -0.39 is 0 Å². The molecule has 90 valence electrons. The molecule has 1 rings (SSSR count). The van der Waals surface area contributed by atoms with Gasteiger partial charge in [0.1, 0.15) is 0 Å². The molecule has 0 bridgehead atoms. The minimum atomic E-state index is -0.111. The van der Waals surface area contributed by atoms with Gasteiger partial charge in [0.05, 0.1) is 12.6 Å². The fourth-order valence-corrected chi connectivity index (χ4v) is 2.14. The molecular weight excluding hydrogens is 202 g/mol. The van der Waals surface area contributed by atoms with E-state index in [2.05, 4.69) is 35.3 Å². The van der Waals surface area contributed by atoms with E-state index in [4.69, 9.17) is 6.42 Å². The number of hydrogen-bond donors (Lipinski definition) is 2. The van der Waals surface area contributed by atoms with E-state index in [0.717, 1.165) is 13.1 Å². The maximum atomic E-state index is 11.7. The molecule has 1 aliphatic heterocycles. The van der Waals surface area contributed by atoms with Crippen LogP contribution in [0.15, 0.2) is 0 Å². The van der Waals surface area contributed by atoms with Gasteiger partial charge in [-0.2, -0.15) is 0 Å². The summed E-state index contributed by atoms with van der Waals surface area (Å²) in [5.74, 6) is 2.42. The maximum absolute atomic E-state index is 11.7. The van der Waals surface area contributed by atoms with E-state index in [1.54, 1.807) is 0 Å². The van der Waals surface area contributed by atoms with Crippen LogP contribution >= 0.6 is 0 Å². The Morgan fingerprint density at radius 2 is 2.12 bits per heavy atom. The van der Waals surface area contributed by atoms with Gasteiger partial charge in [-0.1, -0.05) is 5.92 Å². The van der Waals surface area contributed by atoms with Gasteiger partial charge in [0.2, 0.25) is 5.91 Å². The van der Waals surface area contributed by atoms with Crippen molar-refractivity contribution in [3.05, 3.63) is 0 Å². The zero-order chi connectivity index (χ0) is 12.1. The van der Waals surface area contributed by atoms with Crippen LogP contribution in [0.4, 0.5) is 0 Å². The molecule has 0 aromatic carbocycles. The normalized spacial score (nSPS) is 28.1. The van der Waals surface area contributed by atoms with Crippen molar-refractivity contribution in [1.82, 2.24) is 15.5 Å². The van der Waals surface area contributed by atoms with Crippen LogP contribution in [0.5, 0.6) is 0 Å². The molecule has 0 radical (unpaired) electrons. The van der Waals surface area contributed by atoms with Gasteiger partial charge in [-0.25, -0.2) is 0 Å². The van der Waals surface area contributed by atoms with Crippen LogP contribution < -0.4 is 10.6 Å². The van der Waals surface area contributed by atoms with Crippen molar-refractivity contribution >= 4 is 5.91 Å². The summed E-state index contributed by atoms with van der Waals surface area (Å²) >= 11 is 0. The van der Waals surface area contributed by atoms with Crippen LogP contribution in [0.25, 0.3) is 0 Å². The summed E-state index contributed by atoms with van der Waals surface area (Å²) in [6.07, 6.45) is 5.11. The molecule has 1 saturated heterocycles. The van der Waals surface area contributed by atoms with E-state index in [0.29, 0.717) is 18.6 Å². The Morgan fingerprint density at radius 3 is 2.62 bits per heavy atom. The first kappa shape index (κ1) is 13.0. The molecule has 0 saturated carbocycles. The van der Waals surface area contributed by atoms with Crippen molar-refractivity contribution < 1.29 is 4.79 Å². The molecule has 1 fully saturated rings. The van der Waals surface area contributed by atoms with E-state index in [-0.39, 0.29) is 11.9 Å². The molecule has 0 aromatic heterocycles. The molecule has 0 spiro atoms. The van der Waals surface area contributed by atoms with E-state index >= 15 is 0 Å². The highest BCUT2D eigenvalue weighted by molar-refractivity contribution is 5.81. The average molecular weight is 223 g/mol. The van der Waals surface area contributed by atoms with Crippen LogP contribution in [0.1, 0.15) is 20.8 Å². The Hall–Kier alpha value is -1.05. The monoisotopic (exact) mass is 223 g/mol. The quantitative estimate of drug-likeness (QED) is 0.652. The largest absolute Gasteiger partial charge is 0.344 e. The van der Waals surface area contributed by atoms with Crippen molar-refractivity contribution in [2.24, 2.45) is 0 Å². The van der Waals surface area contributed by atoms with Gasteiger partial charge in [-0.05, 0) is 20.8 Å². The number of nitrogens with zero attached hydrogens (tertiary/aromatic N) is 1. The average Bonchev–Trinajstić information content (AvgIpc) is 2.23. The van der Waals surface area contributed by atoms with Crippen molar-refractivity contribution in [1.29, 1.82) is 0 Å². The molecule has 0 aliphatic carbocycles. The van der Waals surface area contributed by atoms with Gasteiger partial charge in [0.25, 0.3) is 0 Å². The van der Waals surface area contributed by atoms with E-state index in [9.17, 15) is 4.79 Å². The predicted octanol–water partition coefficient (Wildman–Crippen LogP) is -0.193. The van der Waals surface area contributed by atoms with Gasteiger partial charge in [-0.15, -0.1) is 6.42 Å². The first-order valence-electron chi connectivity index (χ1n) is 5.76. The Morgan fingerprint density at radius 1 is 1.56 bits per heavy atom. The van der Waals surface area contributed by atoms with Gasteiger partial charge in [0.15, 0.2) is 0 Å². The van der Waals surface area contributed by atoms with Crippen molar-refractivity contribution in [3.8, 4) is 12.3 Å². The molecule has 16 heavy (non-hydrogen) atoms. The minimum Gasteiger partial charge on any atom is -0.344 e. The Bertz CT molecular complexity index is 274. The summed E-state index contributed by atoms with van der Waals surface area (Å²) < 4.78 is 0. The van der Waals surface area contributed by atoms with Crippen molar-refractivity contribution in [2.45, 2.75) is 38.9 Å². The second-order valence-electron chi connectivity index (χ2n) is 4.52. The van der Waals surface area contributed by atoms with Crippen LogP contribution in [0, 0.1) is 12.3 Å². The van der Waals surface area contributed by atoms with Crippen LogP contribution in [0.2, 0.25) is 0 Å². The third-order valence-electron chi connectivity index (χ3n) is 2.88. The lowest BCUT2D eigenvalue weighted by Crippen LogP contribution is -2.59. The molecule has 2 N–H and O–H groups in total. The smallest absolute Gasteiger partial charge is 0.237 e. The molecule has 1 heterocycles. The van der Waals surface area contributed by atoms with Crippen LogP contribution in [-0.2, 0) is 4.79 Å². The molecule has 3 unspecified atom stereocenters. The first-order chi connectivity index (χ1) is 7.54. The third kappa shape index (κ3) is 3.51. The summed E-state index contributed by atoms with van der Waals surface area (Å²) in [7, 11) is 0. The van der Waals surface area contributed by atoms with Gasteiger partial charge in [-0.3, -0.25) is 9.69 Å². The second-order valence-corrected chi connectivity index (χ2v) is 4.52. The number of terminal acetylenes is 1. The maximum Gasteiger partial charge on any atom is 0.237 e. The number of piperazine rings is 1. The third-order valence-corrected chi connectivity index (χ3v) is 2.88. The summed E-state index contributed by atoms with van der Waals surface area (Å²) in [4.78, 5) is 13.9. The fourth-order valence-electron chi connectivity index (χ4n) is 2.14. The zero-order valence-corrected chi connectivity index (χ0v) is 10.3. The molecule has 4 nitrogen and oxygen atoms in total. The Kier molecular flexibility index (Phi) is 4.78. The van der Waals surface area contributed by atoms with Gasteiger partial charge < -0.3 is 10.6 Å². The van der Waals surface area contributed by atoms with Gasteiger partial charge >= 0.3 is 0 Å². The summed E-state index contributed by atoms with van der Waals surface area (Å²) in [6.45, 7) is 8.30. The lowest BCUT2D eigenvalue weighted by atomic mass is 10.1. The number of rotatable bonds is 3. The minimum absolute atomic E-state index is 0.0132. The highest BCUT2D eigenvalue weighted by Crippen LogP contribution is 2.08. The highest BCUT2D eigenvalue weighted by atomic mass is 16.2. The topological polar surface area (TPSA) is 44.4 Å².